The van der Waals surface area contributed by atoms with Crippen molar-refractivity contribution in [1.82, 2.24) is 10.4 Å². The van der Waals surface area contributed by atoms with E-state index in [9.17, 15) is 4.79 Å². The van der Waals surface area contributed by atoms with Gasteiger partial charge in [0.15, 0.2) is 16.6 Å². The highest BCUT2D eigenvalue weighted by Crippen LogP contribution is 2.29. The Morgan fingerprint density at radius 2 is 2.10 bits per heavy atom. The molecule has 0 atom stereocenters. The molecular weight excluding hydrogens is 424 g/mol. The first-order chi connectivity index (χ1) is 14.5. The number of ether oxygens (including phenoxy) is 2. The first-order valence-corrected chi connectivity index (χ1v) is 10.4. The van der Waals surface area contributed by atoms with Gasteiger partial charge in [0, 0.05) is 5.02 Å². The number of nitrogens with zero attached hydrogens (tertiary/aromatic N) is 2. The molecule has 7 nitrogen and oxygen atoms in total. The summed E-state index contributed by atoms with van der Waals surface area (Å²) in [6.45, 7) is 4.46. The lowest BCUT2D eigenvalue weighted by molar-refractivity contribution is 0.0958. The summed E-state index contributed by atoms with van der Waals surface area (Å²) >= 11 is 7.13. The van der Waals surface area contributed by atoms with E-state index in [0.29, 0.717) is 45.4 Å². The zero-order chi connectivity index (χ0) is 21.5. The summed E-state index contributed by atoms with van der Waals surface area (Å²) in [5.41, 5.74) is 10.4. The van der Waals surface area contributed by atoms with Crippen LogP contribution >= 0.6 is 22.9 Å². The van der Waals surface area contributed by atoms with Crippen LogP contribution in [0.1, 0.15) is 33.4 Å². The number of hydrazone groups is 1. The van der Waals surface area contributed by atoms with Crippen LogP contribution in [0.5, 0.6) is 11.5 Å². The highest BCUT2D eigenvalue weighted by Gasteiger charge is 2.13. The Morgan fingerprint density at radius 1 is 1.27 bits per heavy atom. The second-order valence-corrected chi connectivity index (χ2v) is 7.69. The van der Waals surface area contributed by atoms with E-state index in [4.69, 9.17) is 26.8 Å². The molecule has 0 spiro atoms. The largest absolute Gasteiger partial charge is 0.490 e. The fourth-order valence-electron chi connectivity index (χ4n) is 2.62. The van der Waals surface area contributed by atoms with Gasteiger partial charge in [-0.2, -0.15) is 5.10 Å². The number of benzene rings is 2. The van der Waals surface area contributed by atoms with Gasteiger partial charge in [-0.1, -0.05) is 35.1 Å². The molecule has 9 heteroatoms. The van der Waals surface area contributed by atoms with E-state index in [0.717, 1.165) is 22.5 Å². The molecule has 30 heavy (non-hydrogen) atoms. The third-order valence-electron chi connectivity index (χ3n) is 3.95. The molecule has 0 fully saturated rings. The van der Waals surface area contributed by atoms with Crippen molar-refractivity contribution < 1.29 is 14.3 Å². The number of halogens is 1. The predicted octanol–water partition coefficient (Wildman–Crippen LogP) is 4.43. The maximum atomic E-state index is 12.2. The minimum atomic E-state index is -0.357. The minimum Gasteiger partial charge on any atom is -0.490 e. The molecule has 0 unspecified atom stereocenters. The number of hydrogen-bond acceptors (Lipinski definition) is 7. The summed E-state index contributed by atoms with van der Waals surface area (Å²) in [6.07, 6.45) is 1.53. The van der Waals surface area contributed by atoms with Gasteiger partial charge >= 0.3 is 0 Å². The van der Waals surface area contributed by atoms with Crippen molar-refractivity contribution in [3.63, 3.8) is 0 Å². The van der Waals surface area contributed by atoms with Crippen LogP contribution in [0.3, 0.4) is 0 Å². The molecule has 2 aromatic carbocycles. The molecule has 1 aromatic heterocycles. The van der Waals surface area contributed by atoms with Gasteiger partial charge < -0.3 is 15.2 Å². The Hall–Kier alpha value is -3.10. The number of nitrogen functional groups attached to an aromatic ring is 1. The predicted molar refractivity (Wildman–Crippen MR) is 120 cm³/mol. The van der Waals surface area contributed by atoms with Crippen LogP contribution in [0.4, 0.5) is 5.13 Å². The molecular formula is C21H21ClN4O3S. The van der Waals surface area contributed by atoms with Crippen LogP contribution in [0.2, 0.25) is 5.02 Å². The van der Waals surface area contributed by atoms with Crippen molar-refractivity contribution in [2.75, 3.05) is 12.3 Å². The van der Waals surface area contributed by atoms with Crippen molar-refractivity contribution >= 4 is 40.2 Å². The van der Waals surface area contributed by atoms with Gasteiger partial charge in [-0.25, -0.2) is 10.4 Å². The third kappa shape index (κ3) is 5.71. The average molecular weight is 445 g/mol. The number of carbonyl (C=O) groups is 1. The summed E-state index contributed by atoms with van der Waals surface area (Å²) in [4.78, 5) is 16.6. The molecule has 3 rings (SSSR count). The number of aromatic nitrogens is 1. The smallest absolute Gasteiger partial charge is 0.283 e. The Balaban J connectivity index is 1.67. The number of anilines is 1. The number of aryl methyl sites for hydroxylation is 1. The second-order valence-electron chi connectivity index (χ2n) is 6.22. The van der Waals surface area contributed by atoms with E-state index < -0.39 is 0 Å². The van der Waals surface area contributed by atoms with Crippen LogP contribution < -0.4 is 20.6 Å². The Kier molecular flexibility index (Phi) is 7.26. The molecule has 0 radical (unpaired) electrons. The zero-order valence-corrected chi connectivity index (χ0v) is 18.1. The van der Waals surface area contributed by atoms with Gasteiger partial charge in [-0.3, -0.25) is 4.79 Å². The molecule has 0 saturated heterocycles. The SMILES string of the molecule is CCOc1cc(/C=N\NC(=O)c2sc(N)nc2C)ccc1OCc1cccc(Cl)c1. The Morgan fingerprint density at radius 3 is 2.80 bits per heavy atom. The normalized spacial score (nSPS) is 10.9. The average Bonchev–Trinajstić information content (AvgIpc) is 3.06. The number of amides is 1. The molecule has 3 N–H and O–H groups in total. The molecule has 0 bridgehead atoms. The summed E-state index contributed by atoms with van der Waals surface area (Å²) < 4.78 is 11.6. The molecule has 1 heterocycles. The fourth-order valence-corrected chi connectivity index (χ4v) is 3.56. The second kappa shape index (κ2) is 10.1. The van der Waals surface area contributed by atoms with E-state index in [-0.39, 0.29) is 5.91 Å². The molecule has 0 saturated carbocycles. The fraction of sp³-hybridized carbons (Fsp3) is 0.190. The molecule has 0 aliphatic rings. The molecule has 0 aliphatic heterocycles. The van der Waals surface area contributed by atoms with E-state index in [1.807, 2.05) is 37.3 Å². The number of nitrogens with two attached hydrogens (primary N) is 1. The van der Waals surface area contributed by atoms with Crippen molar-refractivity contribution in [2.45, 2.75) is 20.5 Å². The van der Waals surface area contributed by atoms with Gasteiger partial charge in [0.2, 0.25) is 0 Å². The lowest BCUT2D eigenvalue weighted by Crippen LogP contribution is -2.17. The van der Waals surface area contributed by atoms with Crippen LogP contribution in [0, 0.1) is 6.92 Å². The van der Waals surface area contributed by atoms with Crippen molar-refractivity contribution in [3.8, 4) is 11.5 Å². The quantitative estimate of drug-likeness (QED) is 0.395. The lowest BCUT2D eigenvalue weighted by atomic mass is 10.2. The monoisotopic (exact) mass is 444 g/mol. The highest BCUT2D eigenvalue weighted by molar-refractivity contribution is 7.17. The van der Waals surface area contributed by atoms with Gasteiger partial charge in [0.05, 0.1) is 18.5 Å². The van der Waals surface area contributed by atoms with Gasteiger partial charge in [-0.15, -0.1) is 0 Å². The third-order valence-corrected chi connectivity index (χ3v) is 5.17. The molecule has 0 aliphatic carbocycles. The number of rotatable bonds is 8. The minimum absolute atomic E-state index is 0.344. The Bertz CT molecular complexity index is 1070. The van der Waals surface area contributed by atoms with Gasteiger partial charge in [0.1, 0.15) is 11.5 Å². The molecule has 156 valence electrons. The highest BCUT2D eigenvalue weighted by atomic mass is 35.5. The number of hydrogen-bond donors (Lipinski definition) is 2. The topological polar surface area (TPSA) is 98.8 Å². The van der Waals surface area contributed by atoms with E-state index in [1.165, 1.54) is 6.21 Å². The van der Waals surface area contributed by atoms with Crippen LogP contribution in [-0.4, -0.2) is 23.7 Å². The van der Waals surface area contributed by atoms with Crippen LogP contribution in [0.15, 0.2) is 47.6 Å². The van der Waals surface area contributed by atoms with E-state index in [2.05, 4.69) is 15.5 Å². The lowest BCUT2D eigenvalue weighted by Gasteiger charge is -2.12. The number of thiazole rings is 1. The first kappa shape index (κ1) is 21.6. The van der Waals surface area contributed by atoms with Crippen LogP contribution in [-0.2, 0) is 6.61 Å². The Labute approximate surface area is 183 Å². The van der Waals surface area contributed by atoms with Gasteiger partial charge in [0.25, 0.3) is 5.91 Å². The summed E-state index contributed by atoms with van der Waals surface area (Å²) in [5.74, 6) is 0.833. The first-order valence-electron chi connectivity index (χ1n) is 9.16. The summed E-state index contributed by atoms with van der Waals surface area (Å²) in [5, 5.41) is 5.01. The summed E-state index contributed by atoms with van der Waals surface area (Å²) in [6, 6.07) is 12.9. The molecule has 1 amide bonds. The van der Waals surface area contributed by atoms with Crippen molar-refractivity contribution in [1.29, 1.82) is 0 Å². The van der Waals surface area contributed by atoms with Crippen molar-refractivity contribution in [2.24, 2.45) is 5.10 Å². The van der Waals surface area contributed by atoms with E-state index in [1.54, 1.807) is 19.1 Å². The summed E-state index contributed by atoms with van der Waals surface area (Å²) in [7, 11) is 0. The number of nitrogens with one attached hydrogen (secondary N) is 1. The maximum Gasteiger partial charge on any atom is 0.283 e. The number of carbonyl (C=O) groups excluding carboxylic acids is 1. The molecule has 3 aromatic rings. The van der Waals surface area contributed by atoms with E-state index >= 15 is 0 Å². The van der Waals surface area contributed by atoms with Crippen molar-refractivity contribution in [3.05, 3.63) is 69.2 Å². The zero-order valence-electron chi connectivity index (χ0n) is 16.5. The standard InChI is InChI=1S/C21H21ClN4O3S/c1-3-28-18-10-14(11-24-26-20(27)19-13(2)25-21(23)30-19)7-8-17(18)29-12-15-5-4-6-16(22)9-15/h4-11H,3,12H2,1-2H3,(H2,23,25)(H,26,27)/b24-11-. The van der Waals surface area contributed by atoms with Gasteiger partial charge in [-0.05, 0) is 55.3 Å². The van der Waals surface area contributed by atoms with Crippen LogP contribution in [0.25, 0.3) is 0 Å². The maximum absolute atomic E-state index is 12.2.